The van der Waals surface area contributed by atoms with E-state index in [2.05, 4.69) is 18.8 Å². The van der Waals surface area contributed by atoms with Gasteiger partial charge in [-0.25, -0.2) is 4.98 Å². The van der Waals surface area contributed by atoms with Crippen molar-refractivity contribution >= 4 is 0 Å². The van der Waals surface area contributed by atoms with Crippen LogP contribution in [0.5, 0.6) is 0 Å². The zero-order chi connectivity index (χ0) is 13.9. The molecular formula is C15H27N3O. The SMILES string of the molecule is CCC1CCCC(CN)(C(O)c2cncn2CC)C1. The van der Waals surface area contributed by atoms with Crippen LogP contribution in [0.15, 0.2) is 12.5 Å². The highest BCUT2D eigenvalue weighted by molar-refractivity contribution is 5.09. The molecule has 19 heavy (non-hydrogen) atoms. The summed E-state index contributed by atoms with van der Waals surface area (Å²) in [5, 5.41) is 10.9. The van der Waals surface area contributed by atoms with Gasteiger partial charge in [0, 0.05) is 18.5 Å². The van der Waals surface area contributed by atoms with Gasteiger partial charge in [-0.2, -0.15) is 0 Å². The maximum absolute atomic E-state index is 10.9. The van der Waals surface area contributed by atoms with E-state index in [-0.39, 0.29) is 5.41 Å². The molecule has 3 atom stereocenters. The van der Waals surface area contributed by atoms with Gasteiger partial charge in [-0.15, -0.1) is 0 Å². The standard InChI is InChI=1S/C15H27N3O/c1-3-12-6-5-7-15(8-12,10-16)14(19)13-9-17-11-18(13)4-2/h9,11-12,14,19H,3-8,10,16H2,1-2H3. The van der Waals surface area contributed by atoms with Crippen molar-refractivity contribution in [1.29, 1.82) is 0 Å². The van der Waals surface area contributed by atoms with Crippen molar-refractivity contribution in [2.45, 2.75) is 58.6 Å². The highest BCUT2D eigenvalue weighted by atomic mass is 16.3. The van der Waals surface area contributed by atoms with E-state index in [1.807, 2.05) is 4.57 Å². The van der Waals surface area contributed by atoms with Crippen LogP contribution in [-0.2, 0) is 6.54 Å². The summed E-state index contributed by atoms with van der Waals surface area (Å²) in [7, 11) is 0. The van der Waals surface area contributed by atoms with Crippen LogP contribution in [0.3, 0.4) is 0 Å². The van der Waals surface area contributed by atoms with Crippen LogP contribution in [0.1, 0.15) is 57.7 Å². The molecule has 0 aromatic carbocycles. The first-order valence-corrected chi connectivity index (χ1v) is 7.55. The summed E-state index contributed by atoms with van der Waals surface area (Å²) in [6, 6.07) is 0. The maximum Gasteiger partial charge on any atom is 0.102 e. The van der Waals surface area contributed by atoms with Crippen molar-refractivity contribution in [2.75, 3.05) is 6.54 Å². The highest BCUT2D eigenvalue weighted by Gasteiger charge is 2.42. The number of nitrogens with zero attached hydrogens (tertiary/aromatic N) is 2. The van der Waals surface area contributed by atoms with E-state index < -0.39 is 6.10 Å². The number of aliphatic hydroxyl groups excluding tert-OH is 1. The number of rotatable bonds is 5. The topological polar surface area (TPSA) is 64.1 Å². The van der Waals surface area contributed by atoms with Crippen LogP contribution in [0, 0.1) is 11.3 Å². The molecule has 1 heterocycles. The molecule has 3 unspecified atom stereocenters. The molecule has 0 saturated heterocycles. The van der Waals surface area contributed by atoms with Gasteiger partial charge in [0.2, 0.25) is 0 Å². The predicted octanol–water partition coefficient (Wildman–Crippen LogP) is 2.48. The minimum atomic E-state index is -0.491. The first-order chi connectivity index (χ1) is 9.16. The summed E-state index contributed by atoms with van der Waals surface area (Å²) in [6.07, 6.45) is 8.79. The Hall–Kier alpha value is -0.870. The molecule has 0 bridgehead atoms. The zero-order valence-corrected chi connectivity index (χ0v) is 12.2. The molecule has 0 radical (unpaired) electrons. The van der Waals surface area contributed by atoms with Crippen LogP contribution >= 0.6 is 0 Å². The summed E-state index contributed by atoms with van der Waals surface area (Å²) in [6.45, 7) is 5.70. The van der Waals surface area contributed by atoms with Gasteiger partial charge in [0.25, 0.3) is 0 Å². The number of hydrogen-bond donors (Lipinski definition) is 2. The summed E-state index contributed by atoms with van der Waals surface area (Å²) >= 11 is 0. The first-order valence-electron chi connectivity index (χ1n) is 7.55. The lowest BCUT2D eigenvalue weighted by Crippen LogP contribution is -2.41. The lowest BCUT2D eigenvalue weighted by atomic mass is 9.65. The normalized spacial score (nSPS) is 29.4. The lowest BCUT2D eigenvalue weighted by Gasteiger charge is -2.43. The van der Waals surface area contributed by atoms with Gasteiger partial charge in [0.1, 0.15) is 6.10 Å². The van der Waals surface area contributed by atoms with E-state index in [1.54, 1.807) is 12.5 Å². The van der Waals surface area contributed by atoms with Gasteiger partial charge >= 0.3 is 0 Å². The summed E-state index contributed by atoms with van der Waals surface area (Å²) in [5.41, 5.74) is 6.82. The third-order valence-electron chi connectivity index (χ3n) is 4.91. The molecule has 108 valence electrons. The van der Waals surface area contributed by atoms with Crippen molar-refractivity contribution in [2.24, 2.45) is 17.1 Å². The lowest BCUT2D eigenvalue weighted by molar-refractivity contribution is -0.0206. The van der Waals surface area contributed by atoms with E-state index in [0.29, 0.717) is 12.5 Å². The second-order valence-corrected chi connectivity index (χ2v) is 5.94. The summed E-state index contributed by atoms with van der Waals surface area (Å²) in [5.74, 6) is 0.699. The molecule has 0 spiro atoms. The third-order valence-corrected chi connectivity index (χ3v) is 4.91. The van der Waals surface area contributed by atoms with Crippen molar-refractivity contribution in [1.82, 2.24) is 9.55 Å². The maximum atomic E-state index is 10.9. The Kier molecular flexibility index (Phi) is 4.63. The average Bonchev–Trinajstić information content (AvgIpc) is 2.94. The quantitative estimate of drug-likeness (QED) is 0.859. The number of aromatic nitrogens is 2. The van der Waals surface area contributed by atoms with E-state index >= 15 is 0 Å². The van der Waals surface area contributed by atoms with Crippen molar-refractivity contribution in [3.05, 3.63) is 18.2 Å². The van der Waals surface area contributed by atoms with Crippen LogP contribution < -0.4 is 5.73 Å². The van der Waals surface area contributed by atoms with Gasteiger partial charge in [-0.05, 0) is 25.7 Å². The Morgan fingerprint density at radius 2 is 2.37 bits per heavy atom. The molecule has 4 heteroatoms. The van der Waals surface area contributed by atoms with Crippen LogP contribution in [0.2, 0.25) is 0 Å². The van der Waals surface area contributed by atoms with Crippen molar-refractivity contribution in [3.63, 3.8) is 0 Å². The average molecular weight is 265 g/mol. The second-order valence-electron chi connectivity index (χ2n) is 5.94. The Morgan fingerprint density at radius 1 is 1.58 bits per heavy atom. The number of aryl methyl sites for hydroxylation is 1. The van der Waals surface area contributed by atoms with Crippen LogP contribution in [0.25, 0.3) is 0 Å². The van der Waals surface area contributed by atoms with Gasteiger partial charge in [0.05, 0.1) is 18.2 Å². The van der Waals surface area contributed by atoms with E-state index in [0.717, 1.165) is 25.1 Å². The van der Waals surface area contributed by atoms with E-state index in [9.17, 15) is 5.11 Å². The highest BCUT2D eigenvalue weighted by Crippen LogP contribution is 2.47. The Labute approximate surface area is 116 Å². The molecular weight excluding hydrogens is 238 g/mol. The number of nitrogens with two attached hydrogens (primary N) is 1. The fourth-order valence-electron chi connectivity index (χ4n) is 3.55. The molecule has 1 aromatic heterocycles. The number of imidazole rings is 1. The van der Waals surface area contributed by atoms with Gasteiger partial charge in [-0.1, -0.05) is 26.2 Å². The van der Waals surface area contributed by atoms with Crippen molar-refractivity contribution < 1.29 is 5.11 Å². The fraction of sp³-hybridized carbons (Fsp3) is 0.800. The molecule has 3 N–H and O–H groups in total. The fourth-order valence-corrected chi connectivity index (χ4v) is 3.55. The van der Waals surface area contributed by atoms with E-state index in [1.165, 1.54) is 19.3 Å². The minimum absolute atomic E-state index is 0.161. The molecule has 1 aliphatic carbocycles. The molecule has 1 fully saturated rings. The Bertz CT molecular complexity index is 404. The first kappa shape index (κ1) is 14.5. The van der Waals surface area contributed by atoms with Crippen LogP contribution in [0.4, 0.5) is 0 Å². The van der Waals surface area contributed by atoms with E-state index in [4.69, 9.17) is 5.73 Å². The summed E-state index contributed by atoms with van der Waals surface area (Å²) < 4.78 is 2.03. The van der Waals surface area contributed by atoms with Crippen LogP contribution in [-0.4, -0.2) is 21.2 Å². The zero-order valence-electron chi connectivity index (χ0n) is 12.2. The summed E-state index contributed by atoms with van der Waals surface area (Å²) in [4.78, 5) is 4.18. The van der Waals surface area contributed by atoms with Crippen molar-refractivity contribution in [3.8, 4) is 0 Å². The molecule has 0 aliphatic heterocycles. The Balaban J connectivity index is 2.25. The van der Waals surface area contributed by atoms with Gasteiger partial charge < -0.3 is 15.4 Å². The third kappa shape index (κ3) is 2.70. The largest absolute Gasteiger partial charge is 0.386 e. The Morgan fingerprint density at radius 3 is 3.00 bits per heavy atom. The monoisotopic (exact) mass is 265 g/mol. The second kappa shape index (κ2) is 6.06. The van der Waals surface area contributed by atoms with Gasteiger partial charge in [0.15, 0.2) is 0 Å². The number of aliphatic hydroxyl groups is 1. The molecule has 4 nitrogen and oxygen atoms in total. The molecule has 1 saturated carbocycles. The number of hydrogen-bond acceptors (Lipinski definition) is 3. The predicted molar refractivity (Wildman–Crippen MR) is 76.6 cm³/mol. The molecule has 1 aromatic rings. The van der Waals surface area contributed by atoms with Gasteiger partial charge in [-0.3, -0.25) is 0 Å². The smallest absolute Gasteiger partial charge is 0.102 e. The molecule has 1 aliphatic rings. The molecule has 0 amide bonds. The molecule has 2 rings (SSSR count). The minimum Gasteiger partial charge on any atom is -0.386 e.